The molecule has 1 saturated carbocycles. The Morgan fingerprint density at radius 2 is 1.62 bits per heavy atom. The first-order valence-electron chi connectivity index (χ1n) is 21.3. The Bertz CT molecular complexity index is 3370. The number of allylic oxidation sites excluding steroid dienone is 2. The molecule has 5 aromatic carbocycles. The van der Waals surface area contributed by atoms with Crippen LogP contribution in [0.3, 0.4) is 0 Å². The van der Waals surface area contributed by atoms with E-state index in [2.05, 4.69) is 4.98 Å². The zero-order valence-electron chi connectivity index (χ0n) is 34.8. The molecule has 0 unspecified atom stereocenters. The number of hydrogen-bond acceptors (Lipinski definition) is 9. The normalized spacial score (nSPS) is 24.2. The van der Waals surface area contributed by atoms with Crippen molar-refractivity contribution in [3.8, 4) is 27.8 Å². The highest BCUT2D eigenvalue weighted by atomic mass is 35.5. The topological polar surface area (TPSA) is 139 Å². The molecule has 3 fully saturated rings. The van der Waals surface area contributed by atoms with Gasteiger partial charge in [0.2, 0.25) is 29.5 Å². The molecular formula is C51H38ClN5O6S. The van der Waals surface area contributed by atoms with E-state index in [4.69, 9.17) is 21.1 Å². The number of carbonyl (C=O) groups excluding carboxylic acids is 4. The highest BCUT2D eigenvalue weighted by Crippen LogP contribution is 2.65. The number of halogens is 1. The fourth-order valence-corrected chi connectivity index (χ4v) is 12.6. The summed E-state index contributed by atoms with van der Waals surface area (Å²) < 4.78 is 8.58. The average Bonchev–Trinajstić information content (AvgIpc) is 4.08. The Kier molecular flexibility index (Phi) is 8.36. The second kappa shape index (κ2) is 13.8. The number of benzene rings is 5. The number of aromatic hydroxyl groups is 1. The minimum Gasteiger partial charge on any atom is -0.507 e. The first-order chi connectivity index (χ1) is 30.9. The van der Waals surface area contributed by atoms with Crippen molar-refractivity contribution >= 4 is 90.0 Å². The van der Waals surface area contributed by atoms with Crippen LogP contribution in [0.5, 0.6) is 5.75 Å². The largest absolute Gasteiger partial charge is 0.507 e. The van der Waals surface area contributed by atoms with Crippen LogP contribution in [0, 0.1) is 36.0 Å². The molecule has 0 spiro atoms. The molecule has 12 rings (SSSR count). The van der Waals surface area contributed by atoms with Gasteiger partial charge in [0.25, 0.3) is 0 Å². The van der Waals surface area contributed by atoms with Crippen LogP contribution in [0.25, 0.3) is 54.0 Å². The lowest BCUT2D eigenvalue weighted by molar-refractivity contribution is -0.131. The van der Waals surface area contributed by atoms with Gasteiger partial charge < -0.3 is 9.52 Å². The monoisotopic (exact) mass is 883 g/mol. The summed E-state index contributed by atoms with van der Waals surface area (Å²) in [4.78, 5) is 67.9. The van der Waals surface area contributed by atoms with Gasteiger partial charge in [-0.2, -0.15) is 5.10 Å². The quantitative estimate of drug-likeness (QED) is 0.133. The molecule has 2 aliphatic heterocycles. The molecule has 2 aliphatic carbocycles. The van der Waals surface area contributed by atoms with Gasteiger partial charge in [-0.3, -0.25) is 28.8 Å². The maximum Gasteiger partial charge on any atom is 0.242 e. The Balaban J connectivity index is 0.943. The van der Waals surface area contributed by atoms with E-state index in [-0.39, 0.29) is 30.4 Å². The smallest absolute Gasteiger partial charge is 0.242 e. The SMILES string of the molecule is Cc1c(-c2cc(N3C(=O)[C@@H]4C[C@@H]5C(=CC[C@@H]6C(=O)N(c7ccc(-c8nc9ccccc9o8)cc7)C(=O)[C@@H]65)[C@H](c5ccc6ccccc6c5O)[C@]4(C)C3=O)n(C)n2)sc2ccc(Cl)cc12. The number of aromatic nitrogens is 3. The number of oxazole rings is 1. The molecule has 0 bridgehead atoms. The summed E-state index contributed by atoms with van der Waals surface area (Å²) >= 11 is 7.93. The zero-order chi connectivity index (χ0) is 43.9. The Hall–Kier alpha value is -6.89. The van der Waals surface area contributed by atoms with Gasteiger partial charge in [-0.15, -0.1) is 11.3 Å². The van der Waals surface area contributed by atoms with Gasteiger partial charge >= 0.3 is 0 Å². The third kappa shape index (κ3) is 5.32. The van der Waals surface area contributed by atoms with E-state index in [1.165, 1.54) is 9.80 Å². The summed E-state index contributed by atoms with van der Waals surface area (Å²) in [5.74, 6) is -4.43. The number of thiophene rings is 1. The second-order valence-electron chi connectivity index (χ2n) is 17.6. The van der Waals surface area contributed by atoms with Crippen molar-refractivity contribution in [3.63, 3.8) is 0 Å². The number of aryl methyl sites for hydroxylation is 2. The van der Waals surface area contributed by atoms with E-state index in [1.54, 1.807) is 53.4 Å². The lowest BCUT2D eigenvalue weighted by Gasteiger charge is -2.49. The molecule has 4 amide bonds. The zero-order valence-corrected chi connectivity index (χ0v) is 36.4. The van der Waals surface area contributed by atoms with Gasteiger partial charge in [0.1, 0.15) is 22.8 Å². The summed E-state index contributed by atoms with van der Waals surface area (Å²) in [6.07, 6.45) is 2.43. The lowest BCUT2D eigenvalue weighted by Crippen LogP contribution is -2.49. The number of fused-ring (bicyclic) bond motifs is 7. The fraction of sp³-hybridized carbons (Fsp3) is 0.216. The van der Waals surface area contributed by atoms with E-state index < -0.39 is 46.8 Å². The molecule has 3 aromatic heterocycles. The summed E-state index contributed by atoms with van der Waals surface area (Å²) in [6.45, 7) is 3.83. The third-order valence-corrected chi connectivity index (χ3v) is 15.9. The molecule has 2 saturated heterocycles. The molecule has 64 heavy (non-hydrogen) atoms. The maximum atomic E-state index is 15.4. The molecule has 5 heterocycles. The van der Waals surface area contributed by atoms with E-state index in [0.29, 0.717) is 50.2 Å². The lowest BCUT2D eigenvalue weighted by atomic mass is 9.51. The van der Waals surface area contributed by atoms with Gasteiger partial charge in [0, 0.05) is 45.3 Å². The first kappa shape index (κ1) is 38.8. The molecule has 1 N–H and O–H groups in total. The minimum atomic E-state index is -1.37. The van der Waals surface area contributed by atoms with Crippen molar-refractivity contribution in [2.75, 3.05) is 9.80 Å². The molecule has 13 heteroatoms. The van der Waals surface area contributed by atoms with E-state index in [1.807, 2.05) is 98.8 Å². The fourth-order valence-electron chi connectivity index (χ4n) is 11.3. The molecule has 6 atom stereocenters. The summed E-state index contributed by atoms with van der Waals surface area (Å²) in [6, 6.07) is 33.3. The molecule has 0 radical (unpaired) electrons. The van der Waals surface area contributed by atoms with Crippen LogP contribution in [-0.2, 0) is 26.2 Å². The number of amides is 4. The van der Waals surface area contributed by atoms with Gasteiger partial charge in [0.05, 0.1) is 33.7 Å². The van der Waals surface area contributed by atoms with Crippen LogP contribution in [0.2, 0.25) is 5.02 Å². The number of phenols is 1. The molecule has 11 nitrogen and oxygen atoms in total. The summed E-state index contributed by atoms with van der Waals surface area (Å²) in [5, 5.41) is 20.1. The predicted octanol–water partition coefficient (Wildman–Crippen LogP) is 10.4. The standard InChI is InChI=1S/C51H38ClN5O6S/c1-25-34-22-28(52)15-21-40(34)64-45(25)38-24-41(55(3)54-38)57-48(60)36-23-35-31(43(51(36,2)50(57)62)33-18-14-26-8-4-5-9-30(26)44(33)58)19-20-32-42(35)49(61)56(47(32)59)29-16-12-27(13-17-29)46-53-37-10-6-7-11-39(37)63-46/h4-19,21-22,24,32,35-36,42-43,58H,20,23H2,1-3H3/t32-,35+,36-,42-,43+,51+/m0/s1. The van der Waals surface area contributed by atoms with Crippen LogP contribution in [0.15, 0.2) is 125 Å². The van der Waals surface area contributed by atoms with Crippen molar-refractivity contribution in [2.24, 2.45) is 36.1 Å². The Morgan fingerprint density at radius 1 is 0.844 bits per heavy atom. The minimum absolute atomic E-state index is 0.0168. The number of carbonyl (C=O) groups is 4. The predicted molar refractivity (Wildman–Crippen MR) is 246 cm³/mol. The van der Waals surface area contributed by atoms with Gasteiger partial charge in [-0.25, -0.2) is 9.88 Å². The molecule has 4 aliphatic rings. The number of para-hydroxylation sites is 2. The number of hydrogen-bond donors (Lipinski definition) is 1. The Labute approximate surface area is 375 Å². The number of rotatable bonds is 5. The van der Waals surface area contributed by atoms with Gasteiger partial charge in [-0.1, -0.05) is 71.8 Å². The number of phenolic OH excluding ortho intramolecular Hbond substituents is 1. The molecule has 316 valence electrons. The summed E-state index contributed by atoms with van der Waals surface area (Å²) in [5.41, 5.74) is 4.03. The third-order valence-electron chi connectivity index (χ3n) is 14.4. The van der Waals surface area contributed by atoms with Crippen LogP contribution >= 0.6 is 22.9 Å². The molecule has 8 aromatic rings. The van der Waals surface area contributed by atoms with Crippen LogP contribution in [0.4, 0.5) is 11.5 Å². The van der Waals surface area contributed by atoms with E-state index in [0.717, 1.165) is 37.0 Å². The first-order valence-corrected chi connectivity index (χ1v) is 22.5. The number of imide groups is 2. The Morgan fingerprint density at radius 3 is 2.44 bits per heavy atom. The second-order valence-corrected chi connectivity index (χ2v) is 19.1. The van der Waals surface area contributed by atoms with Crippen molar-refractivity contribution in [1.29, 1.82) is 0 Å². The van der Waals surface area contributed by atoms with Crippen LogP contribution in [0.1, 0.15) is 36.8 Å². The number of nitrogens with zero attached hydrogens (tertiary/aromatic N) is 5. The van der Waals surface area contributed by atoms with Crippen molar-refractivity contribution in [3.05, 3.63) is 137 Å². The van der Waals surface area contributed by atoms with E-state index >= 15 is 9.59 Å². The maximum absolute atomic E-state index is 15.4. The highest BCUT2D eigenvalue weighted by molar-refractivity contribution is 7.22. The van der Waals surface area contributed by atoms with E-state index in [9.17, 15) is 14.7 Å². The molecular weight excluding hydrogens is 846 g/mol. The van der Waals surface area contributed by atoms with Crippen LogP contribution in [-0.4, -0.2) is 43.5 Å². The van der Waals surface area contributed by atoms with Crippen molar-refractivity contribution in [1.82, 2.24) is 14.8 Å². The highest BCUT2D eigenvalue weighted by Gasteiger charge is 2.68. The number of anilines is 2. The van der Waals surface area contributed by atoms with Gasteiger partial charge in [0.15, 0.2) is 5.58 Å². The van der Waals surface area contributed by atoms with Crippen molar-refractivity contribution < 1.29 is 28.7 Å². The average molecular weight is 884 g/mol. The van der Waals surface area contributed by atoms with Crippen molar-refractivity contribution in [2.45, 2.75) is 32.6 Å². The summed E-state index contributed by atoms with van der Waals surface area (Å²) in [7, 11) is 1.72. The van der Waals surface area contributed by atoms with Crippen LogP contribution < -0.4 is 9.80 Å². The van der Waals surface area contributed by atoms with Gasteiger partial charge in [-0.05, 0) is 104 Å².